The summed E-state index contributed by atoms with van der Waals surface area (Å²) in [6, 6.07) is 17.2. The SMILES string of the molecule is O=C1[C@@H]2[C@H](C(=O)N1CCCOP(=O)(Oc1ccccc1)Oc1ccccc1)[C@H]1CC[C@@H]2O1. The summed E-state index contributed by atoms with van der Waals surface area (Å²) in [6.07, 6.45) is 1.70. The Kier molecular flexibility index (Phi) is 5.76. The third kappa shape index (κ3) is 4.06. The molecule has 0 aliphatic carbocycles. The van der Waals surface area contributed by atoms with Crippen molar-refractivity contribution in [3.05, 3.63) is 60.7 Å². The number of phosphoric acid groups is 1. The van der Waals surface area contributed by atoms with Gasteiger partial charge in [-0.1, -0.05) is 36.4 Å². The predicted molar refractivity (Wildman–Crippen MR) is 114 cm³/mol. The lowest BCUT2D eigenvalue weighted by molar-refractivity contribution is -0.142. The average Bonchev–Trinajstić information content (AvgIpc) is 3.47. The number of carbonyl (C=O) groups excluding carboxylic acids is 2. The molecule has 0 spiro atoms. The fourth-order valence-electron chi connectivity index (χ4n) is 4.69. The van der Waals surface area contributed by atoms with E-state index in [0.29, 0.717) is 17.9 Å². The first kappa shape index (κ1) is 21.2. The molecule has 0 radical (unpaired) electrons. The third-order valence-electron chi connectivity index (χ3n) is 6.07. The molecule has 5 rings (SSSR count). The summed E-state index contributed by atoms with van der Waals surface area (Å²) in [5.41, 5.74) is 0. The molecule has 3 aliphatic rings. The van der Waals surface area contributed by atoms with E-state index in [1.807, 2.05) is 12.1 Å². The molecule has 0 aromatic heterocycles. The number of nitrogens with zero attached hydrogens (tertiary/aromatic N) is 1. The Labute approximate surface area is 186 Å². The van der Waals surface area contributed by atoms with E-state index in [2.05, 4.69) is 0 Å². The van der Waals surface area contributed by atoms with Gasteiger partial charge in [-0.15, -0.1) is 0 Å². The van der Waals surface area contributed by atoms with Crippen LogP contribution in [0.4, 0.5) is 0 Å². The lowest BCUT2D eigenvalue weighted by Gasteiger charge is -2.20. The minimum Gasteiger partial charge on any atom is -0.395 e. The van der Waals surface area contributed by atoms with Crippen LogP contribution in [0.15, 0.2) is 60.7 Å². The maximum atomic E-state index is 13.3. The van der Waals surface area contributed by atoms with Crippen LogP contribution in [0.2, 0.25) is 0 Å². The number of hydrogen-bond acceptors (Lipinski definition) is 7. The third-order valence-corrected chi connectivity index (χ3v) is 7.44. The maximum absolute atomic E-state index is 13.3. The average molecular weight is 457 g/mol. The van der Waals surface area contributed by atoms with Gasteiger partial charge in [-0.05, 0) is 43.5 Å². The molecule has 2 bridgehead atoms. The van der Waals surface area contributed by atoms with Gasteiger partial charge in [0.1, 0.15) is 11.5 Å². The van der Waals surface area contributed by atoms with Crippen molar-refractivity contribution in [2.45, 2.75) is 31.5 Å². The predicted octanol–water partition coefficient (Wildman–Crippen LogP) is 3.82. The van der Waals surface area contributed by atoms with E-state index in [4.69, 9.17) is 18.3 Å². The molecule has 3 fully saturated rings. The molecule has 2 aromatic carbocycles. The van der Waals surface area contributed by atoms with Crippen LogP contribution in [-0.2, 0) is 23.4 Å². The van der Waals surface area contributed by atoms with Crippen LogP contribution in [0.1, 0.15) is 19.3 Å². The standard InChI is InChI=1S/C23H24NO7P/c25-22-20-18-12-13-19(29-18)21(20)23(26)24(22)14-7-15-28-32(27,30-16-8-3-1-4-9-16)31-17-10-5-2-6-11-17/h1-6,8-11,18-21H,7,12-15H2/t18-,19+,20-,21+. The molecule has 2 amide bonds. The van der Waals surface area contributed by atoms with E-state index in [1.165, 1.54) is 4.90 Å². The van der Waals surface area contributed by atoms with Crippen LogP contribution in [-0.4, -0.2) is 42.1 Å². The van der Waals surface area contributed by atoms with Crippen LogP contribution in [0.3, 0.4) is 0 Å². The lowest BCUT2D eigenvalue weighted by atomic mass is 9.81. The van der Waals surface area contributed by atoms with Gasteiger partial charge >= 0.3 is 7.82 Å². The zero-order chi connectivity index (χ0) is 22.1. The number of hydrogen-bond donors (Lipinski definition) is 0. The molecule has 3 aliphatic heterocycles. The van der Waals surface area contributed by atoms with Crippen molar-refractivity contribution < 1.29 is 32.5 Å². The van der Waals surface area contributed by atoms with Gasteiger partial charge < -0.3 is 13.8 Å². The Morgan fingerprint density at radius 1 is 0.844 bits per heavy atom. The number of amides is 2. The molecule has 4 atom stereocenters. The molecular weight excluding hydrogens is 433 g/mol. The van der Waals surface area contributed by atoms with Gasteiger partial charge in [0, 0.05) is 6.54 Å². The van der Waals surface area contributed by atoms with Crippen LogP contribution in [0.25, 0.3) is 0 Å². The fourth-order valence-corrected chi connectivity index (χ4v) is 5.94. The molecule has 3 saturated heterocycles. The molecule has 32 heavy (non-hydrogen) atoms. The summed E-state index contributed by atoms with van der Waals surface area (Å²) in [5, 5.41) is 0. The Morgan fingerprint density at radius 3 is 1.84 bits per heavy atom. The number of rotatable bonds is 9. The topological polar surface area (TPSA) is 91.4 Å². The normalized spacial score (nSPS) is 26.4. The van der Waals surface area contributed by atoms with E-state index in [9.17, 15) is 14.2 Å². The molecule has 2 aromatic rings. The van der Waals surface area contributed by atoms with E-state index in [1.54, 1.807) is 48.5 Å². The van der Waals surface area contributed by atoms with Crippen molar-refractivity contribution >= 4 is 19.6 Å². The van der Waals surface area contributed by atoms with E-state index < -0.39 is 7.82 Å². The van der Waals surface area contributed by atoms with Crippen LogP contribution in [0, 0.1) is 11.8 Å². The summed E-state index contributed by atoms with van der Waals surface area (Å²) < 4.78 is 35.7. The molecule has 168 valence electrons. The van der Waals surface area contributed by atoms with E-state index >= 15 is 0 Å². The van der Waals surface area contributed by atoms with Crippen molar-refractivity contribution in [2.75, 3.05) is 13.2 Å². The van der Waals surface area contributed by atoms with Crippen molar-refractivity contribution in [1.29, 1.82) is 0 Å². The Hall–Kier alpha value is -2.67. The van der Waals surface area contributed by atoms with Crippen molar-refractivity contribution in [2.24, 2.45) is 11.8 Å². The first-order valence-corrected chi connectivity index (χ1v) is 12.2. The monoisotopic (exact) mass is 457 g/mol. The number of carbonyl (C=O) groups is 2. The van der Waals surface area contributed by atoms with Crippen LogP contribution in [0.5, 0.6) is 11.5 Å². The summed E-state index contributed by atoms with van der Waals surface area (Å²) in [7, 11) is -3.99. The first-order valence-electron chi connectivity index (χ1n) is 10.8. The van der Waals surface area contributed by atoms with Crippen LogP contribution >= 0.6 is 7.82 Å². The van der Waals surface area contributed by atoms with Gasteiger partial charge in [-0.3, -0.25) is 19.0 Å². The number of ether oxygens (including phenoxy) is 1. The molecule has 0 unspecified atom stereocenters. The number of phosphoric ester groups is 1. The molecule has 8 nitrogen and oxygen atoms in total. The number of imide groups is 1. The van der Waals surface area contributed by atoms with Gasteiger partial charge in [-0.2, -0.15) is 0 Å². The summed E-state index contributed by atoms with van der Waals surface area (Å²) in [6.45, 7) is 0.188. The second-order valence-corrected chi connectivity index (χ2v) is 9.63. The van der Waals surface area contributed by atoms with Gasteiger partial charge in [0.05, 0.1) is 30.7 Å². The minimum absolute atomic E-state index is 0.00725. The Bertz CT molecular complexity index is 958. The number of likely N-dealkylation sites (tertiary alicyclic amines) is 1. The van der Waals surface area contributed by atoms with Gasteiger partial charge in [0.15, 0.2) is 0 Å². The summed E-state index contributed by atoms with van der Waals surface area (Å²) >= 11 is 0. The molecule has 0 saturated carbocycles. The highest BCUT2D eigenvalue weighted by atomic mass is 31.2. The largest absolute Gasteiger partial charge is 0.587 e. The number of benzene rings is 2. The van der Waals surface area contributed by atoms with E-state index in [-0.39, 0.29) is 49.0 Å². The van der Waals surface area contributed by atoms with Gasteiger partial charge in [-0.25, -0.2) is 4.57 Å². The van der Waals surface area contributed by atoms with Crippen molar-refractivity contribution in [1.82, 2.24) is 4.90 Å². The zero-order valence-electron chi connectivity index (χ0n) is 17.4. The first-order chi connectivity index (χ1) is 15.5. The van der Waals surface area contributed by atoms with Crippen molar-refractivity contribution in [3.8, 4) is 11.5 Å². The molecule has 0 N–H and O–H groups in total. The highest BCUT2D eigenvalue weighted by Crippen LogP contribution is 2.50. The van der Waals surface area contributed by atoms with Crippen LogP contribution < -0.4 is 9.05 Å². The minimum atomic E-state index is -3.99. The van der Waals surface area contributed by atoms with Gasteiger partial charge in [0.2, 0.25) is 11.8 Å². The second-order valence-electron chi connectivity index (χ2n) is 8.11. The maximum Gasteiger partial charge on any atom is 0.587 e. The fraction of sp³-hybridized carbons (Fsp3) is 0.391. The highest BCUT2D eigenvalue weighted by molar-refractivity contribution is 7.49. The summed E-state index contributed by atoms with van der Waals surface area (Å²) in [5.74, 6) is -0.347. The summed E-state index contributed by atoms with van der Waals surface area (Å²) in [4.78, 5) is 26.8. The van der Waals surface area contributed by atoms with E-state index in [0.717, 1.165) is 12.8 Å². The smallest absolute Gasteiger partial charge is 0.395 e. The lowest BCUT2D eigenvalue weighted by Crippen LogP contribution is -2.35. The Morgan fingerprint density at radius 2 is 1.34 bits per heavy atom. The second kappa shape index (κ2) is 8.70. The Balaban J connectivity index is 1.21. The number of fused-ring (bicyclic) bond motifs is 5. The van der Waals surface area contributed by atoms with Crippen molar-refractivity contribution in [3.63, 3.8) is 0 Å². The van der Waals surface area contributed by atoms with Gasteiger partial charge in [0.25, 0.3) is 0 Å². The molecule has 9 heteroatoms. The quantitative estimate of drug-likeness (QED) is 0.321. The highest BCUT2D eigenvalue weighted by Gasteiger charge is 2.62. The zero-order valence-corrected chi connectivity index (χ0v) is 18.3. The molecular formula is C23H24NO7P. The number of para-hydroxylation sites is 2. The molecule has 3 heterocycles.